The Balaban J connectivity index is -0.000000553. The molecule has 4 aromatic rings. The summed E-state index contributed by atoms with van der Waals surface area (Å²) < 4.78 is 9.17. The summed E-state index contributed by atoms with van der Waals surface area (Å²) in [5, 5.41) is 0. The highest BCUT2D eigenvalue weighted by atomic mass is 19.0. The first-order valence-corrected chi connectivity index (χ1v) is 39.5. The van der Waals surface area contributed by atoms with Crippen molar-refractivity contribution < 1.29 is 37.1 Å². The summed E-state index contributed by atoms with van der Waals surface area (Å²) in [4.78, 5) is 0. The van der Waals surface area contributed by atoms with Crippen molar-refractivity contribution in [3.63, 3.8) is 0 Å². The second-order valence-corrected chi connectivity index (χ2v) is 26.8. The van der Waals surface area contributed by atoms with Gasteiger partial charge in [-0.1, -0.05) is 360 Å². The number of hydrogen-bond donors (Lipinski definition) is 0. The van der Waals surface area contributed by atoms with Gasteiger partial charge in [-0.2, -0.15) is 0 Å². The molecule has 0 atom stereocenters. The smallest absolute Gasteiger partial charge is 0.168 e. The van der Waals surface area contributed by atoms with E-state index in [0.717, 1.165) is 0 Å². The zero-order valence-corrected chi connectivity index (χ0v) is 61.3. The molecular formula is C84H152F4N4. The first-order valence-electron chi connectivity index (χ1n) is 39.5. The van der Waals surface area contributed by atoms with Gasteiger partial charge in [0.15, 0.2) is 49.6 Å². The maximum absolute atomic E-state index is 2.29. The van der Waals surface area contributed by atoms with E-state index < -0.39 is 0 Å². The van der Waals surface area contributed by atoms with Gasteiger partial charge in [0.2, 0.25) is 0 Å². The van der Waals surface area contributed by atoms with Gasteiger partial charge in [-0.3, -0.25) is 0 Å². The Kier molecular flexibility index (Phi) is 85.9. The van der Waals surface area contributed by atoms with Crippen molar-refractivity contribution >= 4 is 0 Å². The lowest BCUT2D eigenvalue weighted by Crippen LogP contribution is -3.00. The predicted molar refractivity (Wildman–Crippen MR) is 388 cm³/mol. The van der Waals surface area contributed by atoms with Crippen LogP contribution in [0.5, 0.6) is 0 Å². The fraction of sp³-hybridized carbons (Fsp3) is 0.762. The molecule has 4 rings (SSSR count). The number of halogens is 4. The molecule has 4 aromatic heterocycles. The van der Waals surface area contributed by atoms with Gasteiger partial charge in [-0.25, -0.2) is 18.3 Å². The van der Waals surface area contributed by atoms with Gasteiger partial charge in [0.1, 0.15) is 26.2 Å². The highest BCUT2D eigenvalue weighted by Gasteiger charge is 2.03. The van der Waals surface area contributed by atoms with Crippen LogP contribution in [-0.2, 0) is 26.2 Å². The SMILES string of the molecule is CCCCCCCCCCCCCCCC[n+]1ccccc1.CCCCCCCCCCCCCCCC[n+]1ccccc1.CCCCCCCCCCCCCCCC[n+]1ccccc1.CCCCCCCCCCCCCCCC[n+]1ccccc1.[F-].[F-].[F-].[F-]. The Morgan fingerprint density at radius 2 is 0.228 bits per heavy atom. The molecule has 4 heterocycles. The molecule has 0 radical (unpaired) electrons. The molecule has 0 aliphatic rings. The molecule has 536 valence electrons. The summed E-state index contributed by atoms with van der Waals surface area (Å²) in [7, 11) is 0. The largest absolute Gasteiger partial charge is 1.00 e. The van der Waals surface area contributed by atoms with Gasteiger partial charge in [0.05, 0.1) is 0 Å². The van der Waals surface area contributed by atoms with E-state index in [9.17, 15) is 0 Å². The topological polar surface area (TPSA) is 15.5 Å². The monoisotopic (exact) mass is 1290 g/mol. The molecule has 0 aliphatic carbocycles. The normalized spacial score (nSPS) is 10.5. The number of nitrogens with zero attached hydrogens (tertiary/aromatic N) is 4. The van der Waals surface area contributed by atoms with Crippen LogP contribution in [0.25, 0.3) is 0 Å². The van der Waals surface area contributed by atoms with Crippen molar-refractivity contribution in [1.29, 1.82) is 0 Å². The molecule has 0 N–H and O–H groups in total. The van der Waals surface area contributed by atoms with Crippen LogP contribution in [0, 0.1) is 0 Å². The molecule has 0 aliphatic heterocycles. The lowest BCUT2D eigenvalue weighted by Gasteiger charge is -2.02. The third-order valence-electron chi connectivity index (χ3n) is 18.2. The molecule has 0 spiro atoms. The Hall–Kier alpha value is -3.68. The van der Waals surface area contributed by atoms with E-state index in [1.807, 2.05) is 0 Å². The summed E-state index contributed by atoms with van der Waals surface area (Å²) in [6.45, 7) is 13.9. The second-order valence-electron chi connectivity index (χ2n) is 26.8. The van der Waals surface area contributed by atoms with Crippen molar-refractivity contribution in [2.45, 2.75) is 413 Å². The summed E-state index contributed by atoms with van der Waals surface area (Å²) in [5.41, 5.74) is 0. The van der Waals surface area contributed by atoms with E-state index in [0.29, 0.717) is 0 Å². The molecule has 8 heteroatoms. The number of unbranched alkanes of at least 4 members (excludes halogenated alkanes) is 52. The third kappa shape index (κ3) is 73.7. The van der Waals surface area contributed by atoms with Gasteiger partial charge in [0, 0.05) is 74.2 Å². The molecule has 0 amide bonds. The first kappa shape index (κ1) is 94.7. The number of rotatable bonds is 60. The van der Waals surface area contributed by atoms with E-state index in [1.54, 1.807) is 0 Å². The van der Waals surface area contributed by atoms with E-state index in [1.165, 1.54) is 386 Å². The molecule has 0 bridgehead atoms. The summed E-state index contributed by atoms with van der Waals surface area (Å²) in [6.07, 6.45) is 97.7. The van der Waals surface area contributed by atoms with Crippen molar-refractivity contribution in [2.75, 3.05) is 0 Å². The van der Waals surface area contributed by atoms with Crippen molar-refractivity contribution in [3.05, 3.63) is 122 Å². The van der Waals surface area contributed by atoms with E-state index in [4.69, 9.17) is 0 Å². The highest BCUT2D eigenvalue weighted by Crippen LogP contribution is 2.17. The standard InChI is InChI=1S/4C21H38N.4FH/c4*1-2-3-4-5-6-7-8-9-10-11-12-13-14-16-19-22-20-17-15-18-21-22;;;;/h4*15,17-18,20-21H,2-14,16,19H2,1H3;4*1H/q4*+1;;;;/p-4. The minimum atomic E-state index is 0. The third-order valence-corrected chi connectivity index (χ3v) is 18.2. The molecule has 0 saturated heterocycles. The fourth-order valence-electron chi connectivity index (χ4n) is 12.3. The Labute approximate surface area is 570 Å². The van der Waals surface area contributed by atoms with Crippen molar-refractivity contribution in [3.8, 4) is 0 Å². The Bertz CT molecular complexity index is 1570. The maximum Gasteiger partial charge on any atom is 0.168 e. The van der Waals surface area contributed by atoms with Crippen LogP contribution < -0.4 is 37.1 Å². The molecule has 0 saturated carbocycles. The van der Waals surface area contributed by atoms with Gasteiger partial charge < -0.3 is 18.8 Å². The summed E-state index contributed by atoms with van der Waals surface area (Å²) in [5.74, 6) is 0. The predicted octanol–water partition coefficient (Wildman–Crippen LogP) is 13.8. The van der Waals surface area contributed by atoms with E-state index in [2.05, 4.69) is 168 Å². The van der Waals surface area contributed by atoms with Crippen LogP contribution >= 0.6 is 0 Å². The van der Waals surface area contributed by atoms with Crippen molar-refractivity contribution in [1.82, 2.24) is 0 Å². The minimum absolute atomic E-state index is 0. The quantitative estimate of drug-likeness (QED) is 0.0238. The average Bonchev–Trinajstić information content (AvgIpc) is 3.63. The van der Waals surface area contributed by atoms with Gasteiger partial charge in [-0.15, -0.1) is 0 Å². The lowest BCUT2D eigenvalue weighted by molar-refractivity contribution is -0.697. The van der Waals surface area contributed by atoms with Crippen LogP contribution in [0.4, 0.5) is 0 Å². The van der Waals surface area contributed by atoms with Crippen LogP contribution in [-0.4, -0.2) is 0 Å². The Morgan fingerprint density at radius 1 is 0.130 bits per heavy atom. The molecule has 0 aromatic carbocycles. The van der Waals surface area contributed by atoms with Crippen molar-refractivity contribution in [2.24, 2.45) is 0 Å². The van der Waals surface area contributed by atoms with Crippen LogP contribution in [0.3, 0.4) is 0 Å². The molecular weight excluding hydrogens is 1140 g/mol. The summed E-state index contributed by atoms with van der Waals surface area (Å²) >= 11 is 0. The number of hydrogen-bond acceptors (Lipinski definition) is 0. The summed E-state index contributed by atoms with van der Waals surface area (Å²) in [6, 6.07) is 25.3. The number of aryl methyl sites for hydroxylation is 4. The first-order chi connectivity index (χ1) is 43.7. The minimum Gasteiger partial charge on any atom is -1.00 e. The lowest BCUT2D eigenvalue weighted by atomic mass is 10.0. The number of aromatic nitrogens is 4. The molecule has 0 fully saturated rings. The van der Waals surface area contributed by atoms with E-state index in [-0.39, 0.29) is 18.8 Å². The highest BCUT2D eigenvalue weighted by molar-refractivity contribution is 4.85. The van der Waals surface area contributed by atoms with Gasteiger partial charge in [-0.05, 0) is 25.7 Å². The van der Waals surface area contributed by atoms with E-state index >= 15 is 0 Å². The average molecular weight is 1290 g/mol. The zero-order chi connectivity index (χ0) is 62.9. The van der Waals surface area contributed by atoms with Crippen LogP contribution in [0.1, 0.15) is 387 Å². The van der Waals surface area contributed by atoms with Gasteiger partial charge in [0.25, 0.3) is 0 Å². The zero-order valence-electron chi connectivity index (χ0n) is 61.3. The molecule has 4 nitrogen and oxygen atoms in total. The second kappa shape index (κ2) is 83.4. The maximum atomic E-state index is 2.29. The molecule has 0 unspecified atom stereocenters. The van der Waals surface area contributed by atoms with Gasteiger partial charge >= 0.3 is 0 Å². The van der Waals surface area contributed by atoms with Crippen LogP contribution in [0.15, 0.2) is 122 Å². The van der Waals surface area contributed by atoms with Crippen LogP contribution in [0.2, 0.25) is 0 Å². The number of pyridine rings is 4. The fourth-order valence-corrected chi connectivity index (χ4v) is 12.3. The Morgan fingerprint density at radius 3 is 0.337 bits per heavy atom. The molecule has 92 heavy (non-hydrogen) atoms.